The fraction of sp³-hybridized carbons (Fsp3) is 0.0769. The van der Waals surface area contributed by atoms with Gasteiger partial charge in [0.2, 0.25) is 0 Å². The Morgan fingerprint density at radius 3 is 2.23 bits per heavy atom. The predicted octanol–water partition coefficient (Wildman–Crippen LogP) is 6.24. The van der Waals surface area contributed by atoms with E-state index < -0.39 is 22.4 Å². The average molecular weight is 371 g/mol. The van der Waals surface area contributed by atoms with Gasteiger partial charge in [0.15, 0.2) is 0 Å². The maximum absolute atomic E-state index is 13.0. The largest absolute Gasteiger partial charge is 0.423 e. The molecule has 2 aromatic carbocycles. The molecule has 0 N–H and O–H groups in total. The summed E-state index contributed by atoms with van der Waals surface area (Å²) in [5.74, 6) is 0. The van der Waals surface area contributed by atoms with Crippen LogP contribution in [0.15, 0.2) is 30.3 Å². The van der Waals surface area contributed by atoms with E-state index in [1.54, 1.807) is 0 Å². The van der Waals surface area contributed by atoms with Crippen LogP contribution in [-0.2, 0) is 6.18 Å². The van der Waals surface area contributed by atoms with Gasteiger partial charge in [-0.15, -0.1) is 0 Å². The number of nitro benzene ring substituents is 1. The predicted molar refractivity (Wildman–Crippen MR) is 78.6 cm³/mol. The van der Waals surface area contributed by atoms with Crippen molar-refractivity contribution in [1.29, 1.82) is 0 Å². The second-order valence-electron chi connectivity index (χ2n) is 4.24. The zero-order valence-electron chi connectivity index (χ0n) is 10.4. The maximum Gasteiger partial charge on any atom is 0.423 e. The smallest absolute Gasteiger partial charge is 0.258 e. The second-order valence-corrected chi connectivity index (χ2v) is 5.46. The lowest BCUT2D eigenvalue weighted by atomic mass is 10.0. The molecule has 2 rings (SSSR count). The Hall–Kier alpha value is -1.50. The third-order valence-corrected chi connectivity index (χ3v) is 3.82. The van der Waals surface area contributed by atoms with Gasteiger partial charge in [-0.1, -0.05) is 34.8 Å². The number of rotatable bonds is 2. The lowest BCUT2D eigenvalue weighted by Gasteiger charge is -2.11. The highest BCUT2D eigenvalue weighted by atomic mass is 35.5. The van der Waals surface area contributed by atoms with Crippen molar-refractivity contribution in [2.45, 2.75) is 6.18 Å². The first-order valence-corrected chi connectivity index (χ1v) is 6.75. The molecule has 0 amide bonds. The highest BCUT2D eigenvalue weighted by molar-refractivity contribution is 6.45. The van der Waals surface area contributed by atoms with Crippen LogP contribution in [0, 0.1) is 10.1 Å². The summed E-state index contributed by atoms with van der Waals surface area (Å²) in [6, 6.07) is 5.23. The molecule has 9 heteroatoms. The molecule has 0 spiro atoms. The molecular weight excluding hydrogens is 366 g/mol. The molecule has 0 saturated heterocycles. The third-order valence-electron chi connectivity index (χ3n) is 2.80. The van der Waals surface area contributed by atoms with Crippen molar-refractivity contribution in [3.8, 4) is 11.1 Å². The fourth-order valence-electron chi connectivity index (χ4n) is 1.86. The van der Waals surface area contributed by atoms with Crippen LogP contribution in [0.3, 0.4) is 0 Å². The minimum absolute atomic E-state index is 0.00745. The summed E-state index contributed by atoms with van der Waals surface area (Å²) in [6.07, 6.45) is -4.88. The molecule has 0 aliphatic carbocycles. The van der Waals surface area contributed by atoms with Crippen LogP contribution in [0.2, 0.25) is 15.1 Å². The van der Waals surface area contributed by atoms with Crippen molar-refractivity contribution in [3.63, 3.8) is 0 Å². The van der Waals surface area contributed by atoms with Crippen LogP contribution in [0.25, 0.3) is 11.1 Å². The summed E-state index contributed by atoms with van der Waals surface area (Å²) in [5, 5.41) is 11.0. The van der Waals surface area contributed by atoms with Crippen molar-refractivity contribution < 1.29 is 18.1 Å². The Bertz CT molecular complexity index is 763. The van der Waals surface area contributed by atoms with Gasteiger partial charge in [-0.05, 0) is 29.8 Å². The minimum atomic E-state index is -4.88. The Morgan fingerprint density at radius 2 is 1.68 bits per heavy atom. The van der Waals surface area contributed by atoms with Crippen LogP contribution in [-0.4, -0.2) is 4.92 Å². The molecule has 0 aliphatic heterocycles. The molecule has 0 aromatic heterocycles. The van der Waals surface area contributed by atoms with E-state index in [4.69, 9.17) is 34.8 Å². The number of benzene rings is 2. The van der Waals surface area contributed by atoms with E-state index in [9.17, 15) is 23.3 Å². The van der Waals surface area contributed by atoms with E-state index in [2.05, 4.69) is 0 Å². The molecule has 2 aromatic rings. The standard InChI is InChI=1S/C13H5Cl3F3NO2/c14-7-4-8(12(16)10(15)5-7)6-1-2-11(20(21)22)9(3-6)13(17,18)19/h1-5H. The molecule has 116 valence electrons. The molecule has 0 aliphatic rings. The lowest BCUT2D eigenvalue weighted by molar-refractivity contribution is -0.388. The minimum Gasteiger partial charge on any atom is -0.258 e. The SMILES string of the molecule is O=[N+]([O-])c1ccc(-c2cc(Cl)cc(Cl)c2Cl)cc1C(F)(F)F. The molecule has 0 atom stereocenters. The van der Waals surface area contributed by atoms with Gasteiger partial charge in [0.25, 0.3) is 5.69 Å². The second kappa shape index (κ2) is 5.95. The van der Waals surface area contributed by atoms with Gasteiger partial charge < -0.3 is 0 Å². The summed E-state index contributed by atoms with van der Waals surface area (Å²) >= 11 is 17.6. The number of nitro groups is 1. The summed E-state index contributed by atoms with van der Waals surface area (Å²) in [5.41, 5.74) is -2.24. The van der Waals surface area contributed by atoms with Gasteiger partial charge in [0.1, 0.15) is 5.56 Å². The van der Waals surface area contributed by atoms with Gasteiger partial charge in [-0.3, -0.25) is 10.1 Å². The first-order valence-electron chi connectivity index (χ1n) is 5.62. The van der Waals surface area contributed by atoms with Gasteiger partial charge in [-0.25, -0.2) is 0 Å². The monoisotopic (exact) mass is 369 g/mol. The summed E-state index contributed by atoms with van der Waals surface area (Å²) in [4.78, 5) is 9.63. The molecule has 0 unspecified atom stereocenters. The zero-order chi connectivity index (χ0) is 16.7. The highest BCUT2D eigenvalue weighted by Crippen LogP contribution is 2.41. The normalized spacial score (nSPS) is 11.5. The van der Waals surface area contributed by atoms with Gasteiger partial charge in [0, 0.05) is 16.7 Å². The number of hydrogen-bond donors (Lipinski definition) is 0. The fourth-order valence-corrected chi connectivity index (χ4v) is 2.57. The number of hydrogen-bond acceptors (Lipinski definition) is 2. The average Bonchev–Trinajstić information content (AvgIpc) is 2.41. The first-order chi connectivity index (χ1) is 10.1. The quantitative estimate of drug-likeness (QED) is 0.357. The Kier molecular flexibility index (Phi) is 4.56. The van der Waals surface area contributed by atoms with E-state index in [1.807, 2.05) is 0 Å². The molecule has 0 radical (unpaired) electrons. The molecule has 0 bridgehead atoms. The van der Waals surface area contributed by atoms with Crippen LogP contribution < -0.4 is 0 Å². The molecule has 0 saturated carbocycles. The van der Waals surface area contributed by atoms with E-state index in [-0.39, 0.29) is 26.2 Å². The molecule has 0 heterocycles. The lowest BCUT2D eigenvalue weighted by Crippen LogP contribution is -2.09. The number of halogens is 6. The van der Waals surface area contributed by atoms with Crippen molar-refractivity contribution in [3.05, 3.63) is 61.1 Å². The molecular formula is C13H5Cl3F3NO2. The van der Waals surface area contributed by atoms with Crippen molar-refractivity contribution in [1.82, 2.24) is 0 Å². The van der Waals surface area contributed by atoms with Crippen LogP contribution in [0.5, 0.6) is 0 Å². The Morgan fingerprint density at radius 1 is 1.05 bits per heavy atom. The van der Waals surface area contributed by atoms with E-state index in [0.29, 0.717) is 6.07 Å². The van der Waals surface area contributed by atoms with E-state index >= 15 is 0 Å². The van der Waals surface area contributed by atoms with E-state index in [1.165, 1.54) is 12.1 Å². The molecule has 0 fully saturated rings. The van der Waals surface area contributed by atoms with Crippen LogP contribution in [0.1, 0.15) is 5.56 Å². The Balaban J connectivity index is 2.72. The summed E-state index contributed by atoms with van der Waals surface area (Å²) < 4.78 is 38.9. The third kappa shape index (κ3) is 3.29. The van der Waals surface area contributed by atoms with Gasteiger partial charge >= 0.3 is 6.18 Å². The zero-order valence-corrected chi connectivity index (χ0v) is 12.7. The van der Waals surface area contributed by atoms with Crippen molar-refractivity contribution in [2.75, 3.05) is 0 Å². The number of nitrogens with zero attached hydrogens (tertiary/aromatic N) is 1. The van der Waals surface area contributed by atoms with Crippen molar-refractivity contribution in [2.24, 2.45) is 0 Å². The molecule has 3 nitrogen and oxygen atoms in total. The summed E-state index contributed by atoms with van der Waals surface area (Å²) in [7, 11) is 0. The Labute approximate surface area is 137 Å². The van der Waals surface area contributed by atoms with Gasteiger partial charge in [-0.2, -0.15) is 13.2 Å². The maximum atomic E-state index is 13.0. The van der Waals surface area contributed by atoms with Crippen LogP contribution in [0.4, 0.5) is 18.9 Å². The van der Waals surface area contributed by atoms with E-state index in [0.717, 1.165) is 12.1 Å². The first kappa shape index (κ1) is 16.9. The highest BCUT2D eigenvalue weighted by Gasteiger charge is 2.38. The van der Waals surface area contributed by atoms with Crippen LogP contribution >= 0.6 is 34.8 Å². The molecule has 22 heavy (non-hydrogen) atoms. The number of alkyl halides is 3. The van der Waals surface area contributed by atoms with Gasteiger partial charge in [0.05, 0.1) is 15.0 Å². The summed E-state index contributed by atoms with van der Waals surface area (Å²) in [6.45, 7) is 0. The topological polar surface area (TPSA) is 43.1 Å². The van der Waals surface area contributed by atoms with Crippen molar-refractivity contribution >= 4 is 40.5 Å².